The van der Waals surface area contributed by atoms with Gasteiger partial charge in [0.2, 0.25) is 0 Å². The van der Waals surface area contributed by atoms with Crippen molar-refractivity contribution in [2.75, 3.05) is 5.75 Å². The van der Waals surface area contributed by atoms with Crippen LogP contribution in [0.15, 0.2) is 12.3 Å². The zero-order valence-electron chi connectivity index (χ0n) is 3.18. The first-order valence-electron chi connectivity index (χ1n) is 1.52. The molecule has 0 saturated carbocycles. The van der Waals surface area contributed by atoms with E-state index in [1.54, 1.807) is 11.9 Å². The maximum absolute atomic E-state index is 2.96. The van der Waals surface area contributed by atoms with Crippen LogP contribution in [0.3, 0.4) is 0 Å². The van der Waals surface area contributed by atoms with Crippen molar-refractivity contribution in [3.8, 4) is 0 Å². The topological polar surface area (TPSA) is 12.0 Å². The quantitative estimate of drug-likeness (QED) is 0.486. The summed E-state index contributed by atoms with van der Waals surface area (Å²) in [6.07, 6.45) is 4.04. The molecule has 0 unspecified atom stereocenters. The molecule has 36 valence electrons. The molecule has 1 heterocycles. The van der Waals surface area contributed by atoms with E-state index < -0.39 is 0 Å². The zero-order chi connectivity index (χ0) is 3.54. The highest BCUT2D eigenvalue weighted by Crippen LogP contribution is 1.98. The summed E-state index contributed by atoms with van der Waals surface area (Å²) in [5, 5.41) is 0. The fourth-order valence-electron chi connectivity index (χ4n) is 0.241. The average Bonchev–Trinajstić information content (AvgIpc) is 1.76. The second kappa shape index (κ2) is 3.37. The van der Waals surface area contributed by atoms with Gasteiger partial charge in [0.1, 0.15) is 0 Å². The molecule has 0 aromatic heterocycles. The Labute approximate surface area is 47.7 Å². The third kappa shape index (κ3) is 1.58. The summed E-state index contributed by atoms with van der Waals surface area (Å²) in [7, 11) is 0. The molecule has 0 amide bonds. The van der Waals surface area contributed by atoms with E-state index in [1.165, 1.54) is 0 Å². The summed E-state index contributed by atoms with van der Waals surface area (Å²) >= 11 is 1.71. The van der Waals surface area contributed by atoms with Crippen LogP contribution in [0.1, 0.15) is 0 Å². The number of hydrogen-bond donors (Lipinski definition) is 1. The molecule has 0 fully saturated rings. The van der Waals surface area contributed by atoms with E-state index in [1.807, 2.05) is 6.20 Å². The summed E-state index contributed by atoms with van der Waals surface area (Å²) in [5.74, 6) is 1.12. The van der Waals surface area contributed by atoms with E-state index in [-0.39, 0.29) is 12.4 Å². The van der Waals surface area contributed by atoms with Crippen LogP contribution < -0.4 is 4.72 Å². The molecule has 1 aliphatic rings. The highest BCUT2D eigenvalue weighted by Gasteiger charge is 1.82. The Hall–Kier alpha value is 0.180. The lowest BCUT2D eigenvalue weighted by Gasteiger charge is -1.77. The number of halogens is 1. The first-order valence-corrected chi connectivity index (χ1v) is 2.51. The highest BCUT2D eigenvalue weighted by atomic mass is 35.5. The summed E-state index contributed by atoms with van der Waals surface area (Å²) < 4.78 is 2.96. The van der Waals surface area contributed by atoms with Gasteiger partial charge in [-0.25, -0.2) is 0 Å². The number of hydrogen-bond acceptors (Lipinski definition) is 2. The molecule has 0 atom stereocenters. The van der Waals surface area contributed by atoms with E-state index in [2.05, 4.69) is 10.8 Å². The van der Waals surface area contributed by atoms with Crippen molar-refractivity contribution in [1.29, 1.82) is 0 Å². The van der Waals surface area contributed by atoms with Gasteiger partial charge in [-0.1, -0.05) is 6.08 Å². The van der Waals surface area contributed by atoms with Gasteiger partial charge in [0.15, 0.2) is 0 Å². The predicted molar refractivity (Wildman–Crippen MR) is 32.0 cm³/mol. The first-order chi connectivity index (χ1) is 2.50. The molecule has 6 heavy (non-hydrogen) atoms. The van der Waals surface area contributed by atoms with Gasteiger partial charge in [0.25, 0.3) is 0 Å². The molecular formula is C3H6ClNS. The van der Waals surface area contributed by atoms with E-state index in [0.717, 1.165) is 5.75 Å². The second-order valence-electron chi connectivity index (χ2n) is 0.831. The third-order valence-electron chi connectivity index (χ3n) is 0.449. The maximum atomic E-state index is 2.96. The largest absolute Gasteiger partial charge is 0.337 e. The Morgan fingerprint density at radius 1 is 1.67 bits per heavy atom. The fraction of sp³-hybridized carbons (Fsp3) is 0.333. The van der Waals surface area contributed by atoms with E-state index in [4.69, 9.17) is 0 Å². The van der Waals surface area contributed by atoms with Crippen LogP contribution in [0, 0.1) is 0 Å². The van der Waals surface area contributed by atoms with Gasteiger partial charge in [-0.2, -0.15) is 0 Å². The third-order valence-corrected chi connectivity index (χ3v) is 1.11. The predicted octanol–water partition coefficient (Wildman–Crippen LogP) is 1.17. The zero-order valence-corrected chi connectivity index (χ0v) is 4.81. The van der Waals surface area contributed by atoms with Crippen LogP contribution in [0.2, 0.25) is 0 Å². The molecule has 3 heteroatoms. The van der Waals surface area contributed by atoms with Crippen LogP contribution in [0.4, 0.5) is 0 Å². The van der Waals surface area contributed by atoms with Crippen LogP contribution in [-0.2, 0) is 0 Å². The average molecular weight is 124 g/mol. The SMILES string of the molecule is C1=CNSC1.Cl. The normalized spacial score (nSPS) is 16.0. The minimum absolute atomic E-state index is 0. The van der Waals surface area contributed by atoms with Crippen LogP contribution in [0.5, 0.6) is 0 Å². The smallest absolute Gasteiger partial charge is 0.0329 e. The summed E-state index contributed by atoms with van der Waals surface area (Å²) in [5.41, 5.74) is 0. The Bertz CT molecular complexity index is 48.8. The molecule has 0 saturated heterocycles. The monoisotopic (exact) mass is 123 g/mol. The highest BCUT2D eigenvalue weighted by molar-refractivity contribution is 7.97. The first kappa shape index (κ1) is 6.18. The Kier molecular flexibility index (Phi) is 3.47. The van der Waals surface area contributed by atoms with Gasteiger partial charge >= 0.3 is 0 Å². The minimum Gasteiger partial charge on any atom is -0.337 e. The molecule has 1 rings (SSSR count). The summed E-state index contributed by atoms with van der Waals surface area (Å²) in [6, 6.07) is 0. The van der Waals surface area contributed by atoms with Crippen molar-refractivity contribution in [2.45, 2.75) is 0 Å². The molecule has 1 N–H and O–H groups in total. The lowest BCUT2D eigenvalue weighted by molar-refractivity contribution is 1.46. The molecule has 0 aliphatic carbocycles. The van der Waals surface area contributed by atoms with Crippen molar-refractivity contribution in [2.24, 2.45) is 0 Å². The van der Waals surface area contributed by atoms with Crippen molar-refractivity contribution in [3.05, 3.63) is 12.3 Å². The van der Waals surface area contributed by atoms with Crippen LogP contribution in [-0.4, -0.2) is 5.75 Å². The molecule has 0 radical (unpaired) electrons. The van der Waals surface area contributed by atoms with Crippen LogP contribution in [0.25, 0.3) is 0 Å². The lowest BCUT2D eigenvalue weighted by Crippen LogP contribution is -1.78. The minimum atomic E-state index is 0. The van der Waals surface area contributed by atoms with Gasteiger partial charge in [0.05, 0.1) is 0 Å². The summed E-state index contributed by atoms with van der Waals surface area (Å²) in [6.45, 7) is 0. The van der Waals surface area contributed by atoms with Crippen molar-refractivity contribution >= 4 is 24.4 Å². The van der Waals surface area contributed by atoms with Gasteiger partial charge in [0, 0.05) is 12.0 Å². The second-order valence-corrected chi connectivity index (χ2v) is 1.69. The van der Waals surface area contributed by atoms with Gasteiger partial charge < -0.3 is 4.72 Å². The van der Waals surface area contributed by atoms with E-state index in [0.29, 0.717) is 0 Å². The summed E-state index contributed by atoms with van der Waals surface area (Å²) in [4.78, 5) is 0. The van der Waals surface area contributed by atoms with Crippen molar-refractivity contribution < 1.29 is 0 Å². The molecule has 0 aromatic rings. The van der Waals surface area contributed by atoms with Gasteiger partial charge in [-0.3, -0.25) is 0 Å². The van der Waals surface area contributed by atoms with Crippen LogP contribution >= 0.6 is 24.4 Å². The molecule has 1 nitrogen and oxygen atoms in total. The Balaban J connectivity index is 0.000000250. The van der Waals surface area contributed by atoms with E-state index >= 15 is 0 Å². The van der Waals surface area contributed by atoms with Crippen molar-refractivity contribution in [3.63, 3.8) is 0 Å². The van der Waals surface area contributed by atoms with Gasteiger partial charge in [-0.15, -0.1) is 12.4 Å². The molecular weight excluding hydrogens is 118 g/mol. The number of rotatable bonds is 0. The van der Waals surface area contributed by atoms with Crippen molar-refractivity contribution in [1.82, 2.24) is 4.72 Å². The van der Waals surface area contributed by atoms with E-state index in [9.17, 15) is 0 Å². The Morgan fingerprint density at radius 3 is 2.67 bits per heavy atom. The fourth-order valence-corrected chi connectivity index (χ4v) is 0.722. The Morgan fingerprint density at radius 2 is 2.50 bits per heavy atom. The molecule has 0 spiro atoms. The molecule has 0 bridgehead atoms. The van der Waals surface area contributed by atoms with Gasteiger partial charge in [-0.05, 0) is 11.9 Å². The lowest BCUT2D eigenvalue weighted by atomic mass is 10.7. The number of nitrogens with one attached hydrogen (secondary N) is 1. The molecule has 0 aromatic carbocycles. The maximum Gasteiger partial charge on any atom is 0.0329 e. The molecule has 1 aliphatic heterocycles. The standard InChI is InChI=1S/C3H5NS.ClH/c1-2-4-5-3-1;/h1-2,4H,3H2;1H.